The molecule has 1 aliphatic heterocycles. The maximum Gasteiger partial charge on any atom is 0.335 e. The number of carbonyl (C=O) groups is 1. The molecule has 0 bridgehead atoms. The second-order valence-electron chi connectivity index (χ2n) is 7.29. The van der Waals surface area contributed by atoms with Gasteiger partial charge in [-0.2, -0.15) is 0 Å². The van der Waals surface area contributed by atoms with Gasteiger partial charge >= 0.3 is 5.97 Å². The Morgan fingerprint density at radius 2 is 1.75 bits per heavy atom. The third-order valence-electron chi connectivity index (χ3n) is 4.76. The molecule has 118 valence electrons. The molecule has 0 radical (unpaired) electrons. The summed E-state index contributed by atoms with van der Waals surface area (Å²) in [6.45, 7) is 14.0. The molecule has 0 aromatic carbocycles. The fraction of sp³-hybridized carbons (Fsp3) is 0.929. The summed E-state index contributed by atoms with van der Waals surface area (Å²) in [6, 6.07) is 0. The first-order chi connectivity index (χ1) is 8.88. The van der Waals surface area contributed by atoms with E-state index in [0.717, 1.165) is 0 Å². The van der Waals surface area contributed by atoms with E-state index in [4.69, 9.17) is 9.16 Å². The highest BCUT2D eigenvalue weighted by Crippen LogP contribution is 2.40. The highest BCUT2D eigenvalue weighted by molar-refractivity contribution is 6.74. The van der Waals surface area contributed by atoms with Crippen LogP contribution in [0.5, 0.6) is 0 Å². The Bertz CT molecular complexity index is 363. The molecular weight excluding hydrogens is 276 g/mol. The molecule has 0 aliphatic carbocycles. The number of aliphatic hydroxyl groups is 1. The first-order valence-corrected chi connectivity index (χ1v) is 10.0. The van der Waals surface area contributed by atoms with Gasteiger partial charge in [0.25, 0.3) is 0 Å². The molecule has 0 saturated carbocycles. The zero-order chi connectivity index (χ0) is 15.9. The number of hydrogen-bond donors (Lipinski definition) is 2. The average molecular weight is 304 g/mol. The zero-order valence-electron chi connectivity index (χ0n) is 13.5. The second-order valence-corrected chi connectivity index (χ2v) is 12.0. The molecule has 20 heavy (non-hydrogen) atoms. The largest absolute Gasteiger partial charge is 0.479 e. The van der Waals surface area contributed by atoms with Gasteiger partial charge in [-0.1, -0.05) is 27.7 Å². The summed E-state index contributed by atoms with van der Waals surface area (Å²) in [4.78, 5) is 11.4. The van der Waals surface area contributed by atoms with E-state index in [1.165, 1.54) is 0 Å². The Morgan fingerprint density at radius 3 is 2.15 bits per heavy atom. The molecule has 5 nitrogen and oxygen atoms in total. The van der Waals surface area contributed by atoms with Gasteiger partial charge < -0.3 is 19.4 Å². The summed E-state index contributed by atoms with van der Waals surface area (Å²) in [5.74, 6) is -1.23. The molecule has 6 heteroatoms. The van der Waals surface area contributed by atoms with Crippen LogP contribution < -0.4 is 0 Å². The second kappa shape index (κ2) is 5.75. The van der Waals surface area contributed by atoms with Gasteiger partial charge in [-0.05, 0) is 25.1 Å². The minimum atomic E-state index is -2.18. The van der Waals surface area contributed by atoms with E-state index in [2.05, 4.69) is 20.8 Å². The molecule has 1 aliphatic rings. The van der Waals surface area contributed by atoms with Crippen LogP contribution in [0.25, 0.3) is 0 Å². The van der Waals surface area contributed by atoms with Gasteiger partial charge in [0, 0.05) is 5.92 Å². The van der Waals surface area contributed by atoms with E-state index in [-0.39, 0.29) is 17.1 Å². The van der Waals surface area contributed by atoms with Gasteiger partial charge in [-0.3, -0.25) is 0 Å². The Balaban J connectivity index is 3.02. The van der Waals surface area contributed by atoms with Gasteiger partial charge in [0.05, 0.1) is 12.2 Å². The number of rotatable bonds is 3. The van der Waals surface area contributed by atoms with Crippen molar-refractivity contribution in [2.45, 2.75) is 77.2 Å². The Labute approximate surface area is 122 Å². The van der Waals surface area contributed by atoms with E-state index in [9.17, 15) is 15.0 Å². The first-order valence-electron chi connectivity index (χ1n) is 7.12. The van der Waals surface area contributed by atoms with Crippen LogP contribution in [-0.4, -0.2) is 48.9 Å². The number of aliphatic hydroxyl groups excluding tert-OH is 1. The molecule has 1 saturated heterocycles. The quantitative estimate of drug-likeness (QED) is 0.782. The van der Waals surface area contributed by atoms with Crippen LogP contribution >= 0.6 is 0 Å². The lowest BCUT2D eigenvalue weighted by molar-refractivity contribution is -0.202. The van der Waals surface area contributed by atoms with E-state index >= 15 is 0 Å². The van der Waals surface area contributed by atoms with Gasteiger partial charge in [0.1, 0.15) is 6.10 Å². The normalized spacial score (nSPS) is 35.9. The van der Waals surface area contributed by atoms with E-state index < -0.39 is 32.6 Å². The molecule has 0 aromatic heterocycles. The maximum absolute atomic E-state index is 11.4. The number of ether oxygens (including phenoxy) is 1. The number of carboxylic acid groups (broad SMARTS) is 1. The smallest absolute Gasteiger partial charge is 0.335 e. The SMILES string of the molecule is C[C@@H]1C(O)C(O[Si](C)(C)C(C)(C)C)C(C(=O)O)O[C@@H]1C. The minimum absolute atomic E-state index is 0.0535. The Kier molecular flexibility index (Phi) is 5.07. The Hall–Kier alpha value is -0.433. The molecule has 1 rings (SSSR count). The van der Waals surface area contributed by atoms with Crippen LogP contribution in [0.2, 0.25) is 18.1 Å². The van der Waals surface area contributed by atoms with Crippen molar-refractivity contribution in [1.29, 1.82) is 0 Å². The van der Waals surface area contributed by atoms with Crippen molar-refractivity contribution in [3.63, 3.8) is 0 Å². The van der Waals surface area contributed by atoms with Gasteiger partial charge in [0.15, 0.2) is 14.4 Å². The van der Waals surface area contributed by atoms with Crippen molar-refractivity contribution >= 4 is 14.3 Å². The summed E-state index contributed by atoms with van der Waals surface area (Å²) in [5.41, 5.74) is 0. The molecule has 1 heterocycles. The Morgan fingerprint density at radius 1 is 1.25 bits per heavy atom. The standard InChI is InChI=1S/C14H28O5Si/c1-8-9(2)18-12(13(16)17)11(10(8)15)19-20(6,7)14(3,4)5/h8-12,15H,1-7H3,(H,16,17)/t8-,9+,10?,11?,12?/m0/s1. The van der Waals surface area contributed by atoms with Crippen molar-refractivity contribution in [3.8, 4) is 0 Å². The predicted molar refractivity (Wildman–Crippen MR) is 79.2 cm³/mol. The monoisotopic (exact) mass is 304 g/mol. The molecule has 5 atom stereocenters. The van der Waals surface area contributed by atoms with Crippen LogP contribution in [0.1, 0.15) is 34.6 Å². The topological polar surface area (TPSA) is 76.0 Å². The van der Waals surface area contributed by atoms with Crippen LogP contribution in [-0.2, 0) is 14.0 Å². The fourth-order valence-corrected chi connectivity index (χ4v) is 3.33. The number of aliphatic carboxylic acids is 1. The highest BCUT2D eigenvalue weighted by Gasteiger charge is 2.50. The van der Waals surface area contributed by atoms with Crippen molar-refractivity contribution in [1.82, 2.24) is 0 Å². The minimum Gasteiger partial charge on any atom is -0.479 e. The third-order valence-corrected chi connectivity index (χ3v) is 9.23. The van der Waals surface area contributed by atoms with Crippen LogP contribution in [0.4, 0.5) is 0 Å². The molecule has 0 aromatic rings. The van der Waals surface area contributed by atoms with E-state index in [1.54, 1.807) is 6.92 Å². The van der Waals surface area contributed by atoms with Gasteiger partial charge in [-0.15, -0.1) is 0 Å². The highest BCUT2D eigenvalue weighted by atomic mass is 28.4. The molecule has 0 spiro atoms. The molecule has 1 fully saturated rings. The fourth-order valence-electron chi connectivity index (χ4n) is 2.04. The van der Waals surface area contributed by atoms with Crippen molar-refractivity contribution < 1.29 is 24.2 Å². The maximum atomic E-state index is 11.4. The lowest BCUT2D eigenvalue weighted by Crippen LogP contribution is -2.60. The van der Waals surface area contributed by atoms with Gasteiger partial charge in [-0.25, -0.2) is 4.79 Å². The molecular formula is C14H28O5Si. The van der Waals surface area contributed by atoms with Crippen LogP contribution in [0.3, 0.4) is 0 Å². The van der Waals surface area contributed by atoms with Crippen molar-refractivity contribution in [3.05, 3.63) is 0 Å². The van der Waals surface area contributed by atoms with Crippen molar-refractivity contribution in [2.24, 2.45) is 5.92 Å². The molecule has 2 N–H and O–H groups in total. The summed E-state index contributed by atoms with van der Waals surface area (Å²) in [6.07, 6.45) is -3.04. The summed E-state index contributed by atoms with van der Waals surface area (Å²) in [7, 11) is -2.18. The molecule has 0 amide bonds. The predicted octanol–water partition coefficient (Wildman–Crippen LogP) is 2.25. The average Bonchev–Trinajstić information content (AvgIpc) is 2.27. The van der Waals surface area contributed by atoms with Crippen LogP contribution in [0.15, 0.2) is 0 Å². The number of carboxylic acids is 1. The first kappa shape index (κ1) is 17.6. The van der Waals surface area contributed by atoms with Crippen molar-refractivity contribution in [2.75, 3.05) is 0 Å². The summed E-state index contributed by atoms with van der Waals surface area (Å²) < 4.78 is 11.7. The lowest BCUT2D eigenvalue weighted by Gasteiger charge is -2.46. The third kappa shape index (κ3) is 3.42. The van der Waals surface area contributed by atoms with Gasteiger partial charge in [0.2, 0.25) is 0 Å². The number of hydrogen-bond acceptors (Lipinski definition) is 4. The van der Waals surface area contributed by atoms with E-state index in [1.807, 2.05) is 20.0 Å². The summed E-state index contributed by atoms with van der Waals surface area (Å²) >= 11 is 0. The van der Waals surface area contributed by atoms with E-state index in [0.29, 0.717) is 0 Å². The lowest BCUT2D eigenvalue weighted by atomic mass is 9.89. The van der Waals surface area contributed by atoms with Crippen LogP contribution in [0, 0.1) is 5.92 Å². The molecule has 3 unspecified atom stereocenters. The summed E-state index contributed by atoms with van der Waals surface area (Å²) in [5, 5.41) is 19.7. The zero-order valence-corrected chi connectivity index (χ0v) is 14.5.